The quantitative estimate of drug-likeness (QED) is 0.518. The van der Waals surface area contributed by atoms with E-state index in [0.29, 0.717) is 11.9 Å². The normalized spacial score (nSPS) is 13.1. The van der Waals surface area contributed by atoms with E-state index in [-0.39, 0.29) is 11.6 Å². The van der Waals surface area contributed by atoms with Gasteiger partial charge in [0.15, 0.2) is 0 Å². The van der Waals surface area contributed by atoms with Crippen LogP contribution in [-0.4, -0.2) is 40.6 Å². The zero-order valence-corrected chi connectivity index (χ0v) is 16.8. The number of nitrogens with one attached hydrogen (secondary N) is 2. The minimum atomic E-state index is -1.02. The zero-order valence-electron chi connectivity index (χ0n) is 16.8. The molecule has 0 unspecified atom stereocenters. The minimum Gasteiger partial charge on any atom is -0.391 e. The lowest BCUT2D eigenvalue weighted by Gasteiger charge is -2.21. The molecule has 1 heterocycles. The number of hydrogen-bond acceptors (Lipinski definition) is 4. The second-order valence-corrected chi connectivity index (χ2v) is 7.13. The first kappa shape index (κ1) is 21.8. The van der Waals surface area contributed by atoms with Crippen LogP contribution in [0.1, 0.15) is 62.9 Å². The predicted octanol–water partition coefficient (Wildman–Crippen LogP) is 3.19. The summed E-state index contributed by atoms with van der Waals surface area (Å²) < 4.78 is 0. The Morgan fingerprint density at radius 3 is 2.54 bits per heavy atom. The first-order valence-electron chi connectivity index (χ1n) is 10.1. The van der Waals surface area contributed by atoms with Gasteiger partial charge in [0.1, 0.15) is 11.7 Å². The highest BCUT2D eigenvalue weighted by Crippen LogP contribution is 2.16. The smallest absolute Gasteiger partial charge is 0.271 e. The second kappa shape index (κ2) is 11.4. The number of aliphatic hydroxyl groups is 1. The number of carbonyl (C=O) groups is 2. The van der Waals surface area contributed by atoms with Crippen LogP contribution in [0.4, 0.5) is 0 Å². The Hall–Kier alpha value is -2.47. The molecule has 0 bridgehead atoms. The molecule has 28 heavy (non-hydrogen) atoms. The maximum absolute atomic E-state index is 12.7. The first-order chi connectivity index (χ1) is 13.5. The number of nitrogens with zero attached hydrogens (tertiary/aromatic N) is 1. The third-order valence-corrected chi connectivity index (χ3v) is 4.77. The first-order valence-corrected chi connectivity index (χ1v) is 10.1. The van der Waals surface area contributed by atoms with Gasteiger partial charge in [-0.1, -0.05) is 63.3 Å². The van der Waals surface area contributed by atoms with Crippen LogP contribution in [0, 0.1) is 0 Å². The molecule has 6 nitrogen and oxygen atoms in total. The van der Waals surface area contributed by atoms with E-state index in [4.69, 9.17) is 0 Å². The SMILES string of the molecule is CCCCCCCCNC(=O)[C@@H](NC(=O)c1nccc2ccccc12)[C@@H](C)O. The monoisotopic (exact) mass is 385 g/mol. The van der Waals surface area contributed by atoms with E-state index < -0.39 is 18.1 Å². The summed E-state index contributed by atoms with van der Waals surface area (Å²) in [6.07, 6.45) is 7.33. The summed E-state index contributed by atoms with van der Waals surface area (Å²) in [4.78, 5) is 29.3. The summed E-state index contributed by atoms with van der Waals surface area (Å²) in [6.45, 7) is 4.21. The number of fused-ring (bicyclic) bond motifs is 1. The molecule has 0 aliphatic heterocycles. The zero-order chi connectivity index (χ0) is 20.4. The maximum Gasteiger partial charge on any atom is 0.271 e. The van der Waals surface area contributed by atoms with Gasteiger partial charge in [-0.2, -0.15) is 0 Å². The fourth-order valence-electron chi connectivity index (χ4n) is 3.14. The van der Waals surface area contributed by atoms with Crippen LogP contribution in [0.25, 0.3) is 10.8 Å². The van der Waals surface area contributed by atoms with Crippen LogP contribution in [0.2, 0.25) is 0 Å². The number of benzene rings is 1. The lowest BCUT2D eigenvalue weighted by Crippen LogP contribution is -2.52. The van der Waals surface area contributed by atoms with Crippen LogP contribution in [0.15, 0.2) is 36.5 Å². The number of aliphatic hydroxyl groups excluding tert-OH is 1. The van der Waals surface area contributed by atoms with Gasteiger partial charge in [0.2, 0.25) is 5.91 Å². The van der Waals surface area contributed by atoms with Crippen LogP contribution >= 0.6 is 0 Å². The Balaban J connectivity index is 1.92. The van der Waals surface area contributed by atoms with Gasteiger partial charge in [-0.15, -0.1) is 0 Å². The highest BCUT2D eigenvalue weighted by molar-refractivity contribution is 6.06. The number of hydrogen-bond donors (Lipinski definition) is 3. The summed E-state index contributed by atoms with van der Waals surface area (Å²) in [5.41, 5.74) is 0.243. The van der Waals surface area contributed by atoms with E-state index in [9.17, 15) is 14.7 Å². The van der Waals surface area contributed by atoms with E-state index >= 15 is 0 Å². The van der Waals surface area contributed by atoms with E-state index in [2.05, 4.69) is 22.5 Å². The number of carbonyl (C=O) groups excluding carboxylic acids is 2. The Kier molecular flexibility index (Phi) is 8.88. The topological polar surface area (TPSA) is 91.3 Å². The van der Waals surface area contributed by atoms with Gasteiger partial charge in [-0.3, -0.25) is 14.6 Å². The molecule has 3 N–H and O–H groups in total. The Morgan fingerprint density at radius 1 is 1.07 bits per heavy atom. The lowest BCUT2D eigenvalue weighted by molar-refractivity contribution is -0.125. The molecule has 0 aliphatic carbocycles. The van der Waals surface area contributed by atoms with Crippen molar-refractivity contribution in [1.82, 2.24) is 15.6 Å². The molecule has 1 aromatic carbocycles. The highest BCUT2D eigenvalue weighted by Gasteiger charge is 2.26. The molecule has 2 atom stereocenters. The van der Waals surface area contributed by atoms with Crippen molar-refractivity contribution >= 4 is 22.6 Å². The molecule has 0 radical (unpaired) electrons. The molecule has 2 aromatic rings. The van der Waals surface area contributed by atoms with Gasteiger partial charge in [-0.05, 0) is 24.8 Å². The number of unbranched alkanes of at least 4 members (excludes halogenated alkanes) is 5. The van der Waals surface area contributed by atoms with E-state index in [0.717, 1.165) is 24.6 Å². The fraction of sp³-hybridized carbons (Fsp3) is 0.500. The average Bonchev–Trinajstić information content (AvgIpc) is 2.70. The molecular formula is C22H31N3O3. The summed E-state index contributed by atoms with van der Waals surface area (Å²) in [5.74, 6) is -0.852. The van der Waals surface area contributed by atoms with Crippen molar-refractivity contribution in [2.24, 2.45) is 0 Å². The van der Waals surface area contributed by atoms with Gasteiger partial charge in [-0.25, -0.2) is 0 Å². The summed E-state index contributed by atoms with van der Waals surface area (Å²) in [6, 6.07) is 8.23. The number of aromatic nitrogens is 1. The van der Waals surface area contributed by atoms with Gasteiger partial charge >= 0.3 is 0 Å². The minimum absolute atomic E-state index is 0.243. The Bertz CT molecular complexity index is 771. The standard InChI is InChI=1S/C22H31N3O3/c1-3-4-5-6-7-10-14-24-21(27)19(16(2)26)25-22(28)20-18-12-9-8-11-17(18)13-15-23-20/h8-9,11-13,15-16,19,26H,3-7,10,14H2,1-2H3,(H,24,27)(H,25,28)/t16-,19+/m1/s1. The fourth-order valence-corrected chi connectivity index (χ4v) is 3.14. The van der Waals surface area contributed by atoms with Gasteiger partial charge < -0.3 is 15.7 Å². The van der Waals surface area contributed by atoms with Gasteiger partial charge in [0.05, 0.1) is 6.10 Å². The van der Waals surface area contributed by atoms with Crippen molar-refractivity contribution in [2.45, 2.75) is 64.5 Å². The molecule has 1 aromatic heterocycles. The lowest BCUT2D eigenvalue weighted by atomic mass is 10.1. The third-order valence-electron chi connectivity index (χ3n) is 4.77. The maximum atomic E-state index is 12.7. The van der Waals surface area contributed by atoms with Crippen molar-refractivity contribution < 1.29 is 14.7 Å². The van der Waals surface area contributed by atoms with Crippen molar-refractivity contribution in [3.63, 3.8) is 0 Å². The van der Waals surface area contributed by atoms with Crippen molar-refractivity contribution in [3.05, 3.63) is 42.2 Å². The molecule has 0 aliphatic rings. The third kappa shape index (κ3) is 6.30. The van der Waals surface area contributed by atoms with E-state index in [1.807, 2.05) is 30.3 Å². The van der Waals surface area contributed by atoms with Crippen LogP contribution in [0.3, 0.4) is 0 Å². The van der Waals surface area contributed by atoms with E-state index in [1.54, 1.807) is 6.20 Å². The van der Waals surface area contributed by atoms with Crippen molar-refractivity contribution in [3.8, 4) is 0 Å². The van der Waals surface area contributed by atoms with Gasteiger partial charge in [0, 0.05) is 18.1 Å². The average molecular weight is 386 g/mol. The molecule has 2 rings (SSSR count). The molecule has 0 spiro atoms. The molecule has 0 fully saturated rings. The number of rotatable bonds is 11. The van der Waals surface area contributed by atoms with Crippen molar-refractivity contribution in [1.29, 1.82) is 0 Å². The van der Waals surface area contributed by atoms with Crippen molar-refractivity contribution in [2.75, 3.05) is 6.54 Å². The molecule has 0 saturated carbocycles. The molecule has 0 saturated heterocycles. The summed E-state index contributed by atoms with van der Waals surface area (Å²) in [5, 5.41) is 17.0. The Labute approximate surface area is 166 Å². The second-order valence-electron chi connectivity index (χ2n) is 7.13. The predicted molar refractivity (Wildman–Crippen MR) is 111 cm³/mol. The van der Waals surface area contributed by atoms with Crippen LogP contribution < -0.4 is 10.6 Å². The number of amides is 2. The molecular weight excluding hydrogens is 354 g/mol. The summed E-state index contributed by atoms with van der Waals surface area (Å²) >= 11 is 0. The van der Waals surface area contributed by atoms with E-state index in [1.165, 1.54) is 26.2 Å². The molecule has 6 heteroatoms. The van der Waals surface area contributed by atoms with Crippen LogP contribution in [0.5, 0.6) is 0 Å². The summed E-state index contributed by atoms with van der Waals surface area (Å²) in [7, 11) is 0. The molecule has 2 amide bonds. The van der Waals surface area contributed by atoms with Gasteiger partial charge in [0.25, 0.3) is 5.91 Å². The largest absolute Gasteiger partial charge is 0.391 e. The Morgan fingerprint density at radius 2 is 1.79 bits per heavy atom. The molecule has 152 valence electrons. The number of pyridine rings is 1. The highest BCUT2D eigenvalue weighted by atomic mass is 16.3. The van der Waals surface area contributed by atoms with Crippen LogP contribution in [-0.2, 0) is 4.79 Å².